The Morgan fingerprint density at radius 1 is 1.23 bits per heavy atom. The van der Waals surface area contributed by atoms with E-state index >= 15 is 0 Å². The van der Waals surface area contributed by atoms with Crippen molar-refractivity contribution in [3.63, 3.8) is 0 Å². The van der Waals surface area contributed by atoms with Crippen LogP contribution in [0.5, 0.6) is 5.75 Å². The number of anilines is 2. The Morgan fingerprint density at radius 2 is 2.08 bits per heavy atom. The van der Waals surface area contributed by atoms with Crippen molar-refractivity contribution in [2.45, 2.75) is 6.92 Å². The minimum atomic E-state index is 0.582. The molecule has 0 saturated carbocycles. The fraction of sp³-hybridized carbons (Fsp3) is 0.167. The number of ether oxygens (including phenoxy) is 1. The molecule has 0 bridgehead atoms. The van der Waals surface area contributed by atoms with Crippen molar-refractivity contribution in [3.05, 3.63) is 47.1 Å². The first-order chi connectivity index (χ1) is 12.6. The van der Waals surface area contributed by atoms with Gasteiger partial charge in [-0.15, -0.1) is 5.10 Å². The van der Waals surface area contributed by atoms with Gasteiger partial charge in [0, 0.05) is 18.0 Å². The predicted molar refractivity (Wildman–Crippen MR) is 102 cm³/mol. The molecule has 0 aliphatic carbocycles. The summed E-state index contributed by atoms with van der Waals surface area (Å²) < 4.78 is 6.99. The molecule has 4 rings (SSSR count). The zero-order valence-electron chi connectivity index (χ0n) is 14.5. The topological polar surface area (TPSA) is 80.6 Å². The number of fused-ring (bicyclic) bond motifs is 1. The fourth-order valence-corrected chi connectivity index (χ4v) is 3.04. The molecule has 26 heavy (non-hydrogen) atoms. The average Bonchev–Trinajstić information content (AvgIpc) is 3.25. The zero-order valence-corrected chi connectivity index (χ0v) is 15.3. The second kappa shape index (κ2) is 6.34. The van der Waals surface area contributed by atoms with E-state index in [1.807, 2.05) is 44.3 Å². The molecule has 2 aromatic heterocycles. The van der Waals surface area contributed by atoms with Crippen LogP contribution < -0.4 is 10.1 Å². The number of halogens is 1. The van der Waals surface area contributed by atoms with Crippen LogP contribution in [0.25, 0.3) is 22.3 Å². The van der Waals surface area contributed by atoms with Gasteiger partial charge in [-0.2, -0.15) is 10.1 Å². The van der Waals surface area contributed by atoms with Gasteiger partial charge in [-0.05, 0) is 36.8 Å². The molecule has 0 saturated heterocycles. The normalized spacial score (nSPS) is 11.1. The largest absolute Gasteiger partial charge is 0.497 e. The molecule has 4 aromatic rings. The summed E-state index contributed by atoms with van der Waals surface area (Å²) in [4.78, 5) is 4.62. The van der Waals surface area contributed by atoms with Crippen LogP contribution >= 0.6 is 11.6 Å². The first-order valence-corrected chi connectivity index (χ1v) is 8.39. The van der Waals surface area contributed by atoms with E-state index in [0.717, 1.165) is 33.5 Å². The highest BCUT2D eigenvalue weighted by atomic mass is 35.5. The number of aromatic nitrogens is 5. The van der Waals surface area contributed by atoms with Crippen molar-refractivity contribution >= 4 is 34.1 Å². The Bertz CT molecular complexity index is 1100. The van der Waals surface area contributed by atoms with Crippen LogP contribution in [-0.2, 0) is 7.05 Å². The highest BCUT2D eigenvalue weighted by molar-refractivity contribution is 6.38. The molecule has 7 nitrogen and oxygen atoms in total. The van der Waals surface area contributed by atoms with Gasteiger partial charge < -0.3 is 10.1 Å². The van der Waals surface area contributed by atoms with Gasteiger partial charge in [-0.1, -0.05) is 17.7 Å². The molecule has 0 aliphatic heterocycles. The van der Waals surface area contributed by atoms with Crippen LogP contribution in [0, 0.1) is 6.92 Å². The maximum atomic E-state index is 6.48. The number of nitrogens with zero attached hydrogens (tertiary/aromatic N) is 4. The number of hydrogen-bond acceptors (Lipinski definition) is 5. The molecule has 2 heterocycles. The summed E-state index contributed by atoms with van der Waals surface area (Å²) in [6.45, 7) is 2.02. The van der Waals surface area contributed by atoms with Crippen LogP contribution in [0.3, 0.4) is 0 Å². The zero-order chi connectivity index (χ0) is 18.3. The van der Waals surface area contributed by atoms with Crippen molar-refractivity contribution in [2.75, 3.05) is 12.4 Å². The fourth-order valence-electron chi connectivity index (χ4n) is 2.78. The smallest absolute Gasteiger partial charge is 0.225 e. The highest BCUT2D eigenvalue weighted by Gasteiger charge is 2.14. The third-order valence-electron chi connectivity index (χ3n) is 4.25. The maximum absolute atomic E-state index is 6.48. The van der Waals surface area contributed by atoms with E-state index in [1.165, 1.54) is 0 Å². The summed E-state index contributed by atoms with van der Waals surface area (Å²) in [6, 6.07) is 9.63. The third kappa shape index (κ3) is 2.76. The highest BCUT2D eigenvalue weighted by Crippen LogP contribution is 2.32. The number of nitrogens with one attached hydrogen (secondary N) is 2. The lowest BCUT2D eigenvalue weighted by Gasteiger charge is -2.07. The Labute approximate surface area is 155 Å². The van der Waals surface area contributed by atoms with E-state index in [1.54, 1.807) is 18.0 Å². The van der Waals surface area contributed by atoms with Gasteiger partial charge in [0.15, 0.2) is 5.82 Å². The Balaban J connectivity index is 1.71. The van der Waals surface area contributed by atoms with Crippen molar-refractivity contribution < 1.29 is 4.74 Å². The van der Waals surface area contributed by atoms with E-state index in [-0.39, 0.29) is 0 Å². The molecule has 0 radical (unpaired) electrons. The van der Waals surface area contributed by atoms with Crippen LogP contribution in [-0.4, -0.2) is 32.1 Å². The minimum Gasteiger partial charge on any atom is -0.497 e. The van der Waals surface area contributed by atoms with E-state index in [4.69, 9.17) is 16.3 Å². The minimum absolute atomic E-state index is 0.582. The first kappa shape index (κ1) is 16.4. The van der Waals surface area contributed by atoms with Crippen molar-refractivity contribution in [1.29, 1.82) is 0 Å². The molecule has 0 spiro atoms. The van der Waals surface area contributed by atoms with Crippen LogP contribution in [0.15, 0.2) is 36.5 Å². The van der Waals surface area contributed by atoms with E-state index < -0.39 is 0 Å². The summed E-state index contributed by atoms with van der Waals surface area (Å²) in [6.07, 6.45) is 1.70. The van der Waals surface area contributed by atoms with Crippen LogP contribution in [0.1, 0.15) is 5.56 Å². The lowest BCUT2D eigenvalue weighted by molar-refractivity contribution is 0.415. The van der Waals surface area contributed by atoms with Crippen molar-refractivity contribution in [1.82, 2.24) is 25.0 Å². The number of aromatic amines is 1. The molecule has 0 aliphatic rings. The van der Waals surface area contributed by atoms with Gasteiger partial charge in [0.05, 0.1) is 29.5 Å². The Kier molecular flexibility index (Phi) is 4.00. The predicted octanol–water partition coefficient (Wildman–Crippen LogP) is 4.07. The first-order valence-electron chi connectivity index (χ1n) is 8.01. The van der Waals surface area contributed by atoms with Gasteiger partial charge in [0.1, 0.15) is 5.75 Å². The Morgan fingerprint density at radius 3 is 2.88 bits per heavy atom. The molecule has 0 fully saturated rings. The molecule has 2 N–H and O–H groups in total. The summed E-state index contributed by atoms with van der Waals surface area (Å²) in [7, 11) is 3.47. The number of rotatable bonds is 4. The quantitative estimate of drug-likeness (QED) is 0.567. The maximum Gasteiger partial charge on any atom is 0.225 e. The number of aryl methyl sites for hydroxylation is 2. The second-order valence-electron chi connectivity index (χ2n) is 5.95. The summed E-state index contributed by atoms with van der Waals surface area (Å²) in [5, 5.41) is 16.1. The summed E-state index contributed by atoms with van der Waals surface area (Å²) in [5.41, 5.74) is 3.61. The standard InChI is InChI=1S/C18H17ClN6O/c1-10-4-5-11(26-3)8-12(10)17-22-18(25(2)24-17)21-15-7-6-14-13(16(15)19)9-20-23-14/h4-9H,1-3H3,(H,20,23)(H,21,22,24). The van der Waals surface area contributed by atoms with Gasteiger partial charge >= 0.3 is 0 Å². The van der Waals surface area contributed by atoms with Crippen molar-refractivity contribution in [3.8, 4) is 17.1 Å². The number of H-pyrrole nitrogens is 1. The lowest BCUT2D eigenvalue weighted by atomic mass is 10.1. The van der Waals surface area contributed by atoms with E-state index in [2.05, 4.69) is 25.6 Å². The molecule has 2 aromatic carbocycles. The molecule has 0 unspecified atom stereocenters. The van der Waals surface area contributed by atoms with Gasteiger partial charge in [0.25, 0.3) is 0 Å². The van der Waals surface area contributed by atoms with Crippen LogP contribution in [0.2, 0.25) is 5.02 Å². The number of hydrogen-bond donors (Lipinski definition) is 2. The number of methoxy groups -OCH3 is 1. The van der Waals surface area contributed by atoms with E-state index in [9.17, 15) is 0 Å². The molecular formula is C18H17ClN6O. The van der Waals surface area contributed by atoms with Crippen LogP contribution in [0.4, 0.5) is 11.6 Å². The Hall–Kier alpha value is -3.06. The summed E-state index contributed by atoms with van der Waals surface area (Å²) in [5.74, 6) is 1.97. The monoisotopic (exact) mass is 368 g/mol. The summed E-state index contributed by atoms with van der Waals surface area (Å²) >= 11 is 6.48. The van der Waals surface area contributed by atoms with Gasteiger partial charge in [-0.25, -0.2) is 4.68 Å². The van der Waals surface area contributed by atoms with Gasteiger partial charge in [-0.3, -0.25) is 5.10 Å². The molecule has 0 atom stereocenters. The molecule has 132 valence electrons. The molecule has 0 amide bonds. The lowest BCUT2D eigenvalue weighted by Crippen LogP contribution is -2.00. The number of benzene rings is 2. The average molecular weight is 369 g/mol. The third-order valence-corrected chi connectivity index (χ3v) is 4.66. The molecule has 8 heteroatoms. The molecular weight excluding hydrogens is 352 g/mol. The second-order valence-corrected chi connectivity index (χ2v) is 6.32. The van der Waals surface area contributed by atoms with Gasteiger partial charge in [0.2, 0.25) is 5.95 Å². The van der Waals surface area contributed by atoms with E-state index in [0.29, 0.717) is 16.8 Å². The SMILES string of the molecule is COc1ccc(C)c(-c2nc(Nc3ccc4[nH]ncc4c3Cl)n(C)n2)c1. The van der Waals surface area contributed by atoms with Crippen molar-refractivity contribution in [2.24, 2.45) is 7.05 Å².